The van der Waals surface area contributed by atoms with Crippen LogP contribution in [0, 0.1) is 23.7 Å². The minimum atomic E-state index is -2.24. The highest BCUT2D eigenvalue weighted by Crippen LogP contribution is 2.30. The van der Waals surface area contributed by atoms with E-state index in [1.165, 1.54) is 20.8 Å². The van der Waals surface area contributed by atoms with Crippen LogP contribution in [0.5, 0.6) is 0 Å². The lowest BCUT2D eigenvalue weighted by atomic mass is 9.95. The number of hydrogen-bond acceptors (Lipinski definition) is 25. The maximum atomic E-state index is 14.7. The molecule has 12 amide bonds. The van der Waals surface area contributed by atoms with Gasteiger partial charge in [0.2, 0.25) is 70.9 Å². The van der Waals surface area contributed by atoms with Gasteiger partial charge in [-0.1, -0.05) is 61.8 Å². The van der Waals surface area contributed by atoms with E-state index in [1.54, 1.807) is 41.5 Å². The summed E-state index contributed by atoms with van der Waals surface area (Å²) in [6, 6.07) is -17.2. The molecule has 0 spiro atoms. The second-order valence-electron chi connectivity index (χ2n) is 25.7. The molecule has 39 nitrogen and oxygen atoms in total. The molecule has 0 bridgehead atoms. The summed E-state index contributed by atoms with van der Waals surface area (Å²) in [4.78, 5) is 186. The first-order valence-corrected chi connectivity index (χ1v) is 32.4. The number of carbonyl (C=O) groups is 14. The van der Waals surface area contributed by atoms with Crippen LogP contribution in [0.15, 0.2) is 0 Å². The first-order valence-electron chi connectivity index (χ1n) is 32.4. The highest BCUT2D eigenvalue weighted by molar-refractivity contribution is 5.99. The number of aliphatic hydroxyl groups excluding tert-OH is 6. The van der Waals surface area contributed by atoms with Gasteiger partial charge in [0.15, 0.2) is 12.6 Å². The van der Waals surface area contributed by atoms with E-state index in [4.69, 9.17) is 30.4 Å². The maximum Gasteiger partial charge on any atom is 0.326 e. The molecule has 23 N–H and O–H groups in total. The van der Waals surface area contributed by atoms with Crippen LogP contribution in [0.3, 0.4) is 0 Å². The van der Waals surface area contributed by atoms with Crippen molar-refractivity contribution >= 4 is 82.8 Å². The van der Waals surface area contributed by atoms with E-state index < -0.39 is 268 Å². The smallest absolute Gasteiger partial charge is 0.326 e. The summed E-state index contributed by atoms with van der Waals surface area (Å²) in [6.45, 7) is 14.0. The van der Waals surface area contributed by atoms with E-state index in [0.29, 0.717) is 12.8 Å². The Hall–Kier alpha value is -7.86. The lowest BCUT2D eigenvalue weighted by Gasteiger charge is -2.47. The van der Waals surface area contributed by atoms with Crippen LogP contribution in [-0.2, 0) is 86.1 Å². The highest BCUT2D eigenvalue weighted by atomic mass is 16.7. The van der Waals surface area contributed by atoms with Crippen molar-refractivity contribution < 1.29 is 127 Å². The van der Waals surface area contributed by atoms with E-state index in [2.05, 4.69) is 58.5 Å². The van der Waals surface area contributed by atoms with Crippen molar-refractivity contribution in [1.29, 1.82) is 0 Å². The normalized spacial score (nSPS) is 24.0. The highest BCUT2D eigenvalue weighted by Gasteiger charge is 2.52. The third kappa shape index (κ3) is 28.4. The molecule has 0 aliphatic carbocycles. The Morgan fingerprint density at radius 3 is 1.54 bits per heavy atom. The second-order valence-corrected chi connectivity index (χ2v) is 25.7. The first kappa shape index (κ1) is 87.2. The number of carboxylic acids is 2. The van der Waals surface area contributed by atoms with Crippen LogP contribution >= 0.6 is 0 Å². The largest absolute Gasteiger partial charge is 0.481 e. The Balaban J connectivity index is 2.65. The van der Waals surface area contributed by atoms with E-state index >= 15 is 0 Å². The SMILES string of the molecule is CC[C@H](C)[C@H](NC(=O)[C@H](C)NC(=O)CNC(=O)[C@H](CCC(N)=O)NC(=O)[C@H](CO[C@H]1O[C@H](CO)[C@H](O)[C@H](O[C@@H]2O[C@H](CO)[C@H](O)[C@H](O)[C@H]2O)[C@H]1NC(C)=O)NC(=O)[C@H](CC(=O)O)NC(=O)[C@H](CC(C)C)NC(=O)[C@H](C)NC(=O)[C@H](C)NC(=O)[C@@H](N)CC(C)C)C(=O)N[C@H](C(=O)O)C(C)C. The van der Waals surface area contributed by atoms with Crippen LogP contribution in [0.1, 0.15) is 122 Å². The van der Waals surface area contributed by atoms with Gasteiger partial charge in [0.05, 0.1) is 38.8 Å². The zero-order chi connectivity index (χ0) is 75.6. The van der Waals surface area contributed by atoms with E-state index in [1.807, 2.05) is 13.8 Å². The molecule has 2 aliphatic heterocycles. The maximum absolute atomic E-state index is 14.7. The average Bonchev–Trinajstić information content (AvgIpc) is 0.781. The van der Waals surface area contributed by atoms with Gasteiger partial charge in [-0.25, -0.2) is 4.79 Å². The summed E-state index contributed by atoms with van der Waals surface area (Å²) in [5.74, 6) is -17.0. The number of hydrogen-bond donors (Lipinski definition) is 21. The number of amides is 12. The van der Waals surface area contributed by atoms with E-state index in [-0.39, 0.29) is 12.3 Å². The van der Waals surface area contributed by atoms with Gasteiger partial charge in [-0.05, 0) is 63.7 Å². The van der Waals surface area contributed by atoms with Crippen molar-refractivity contribution in [2.45, 2.75) is 243 Å². The monoisotopic (exact) mass is 1420 g/mol. The molecule has 0 aromatic carbocycles. The number of rotatable bonds is 41. The molecule has 0 radical (unpaired) electrons. The zero-order valence-corrected chi connectivity index (χ0v) is 57.5. The number of aliphatic hydroxyl groups is 6. The van der Waals surface area contributed by atoms with Gasteiger partial charge in [0, 0.05) is 13.3 Å². The molecule has 564 valence electrons. The molecular weight excluding hydrogens is 1320 g/mol. The van der Waals surface area contributed by atoms with Gasteiger partial charge in [-0.2, -0.15) is 0 Å². The minimum absolute atomic E-state index is 0.0476. The summed E-state index contributed by atoms with van der Waals surface area (Å²) in [7, 11) is 0. The molecule has 0 saturated carbocycles. The lowest BCUT2D eigenvalue weighted by molar-refractivity contribution is -0.345. The molecule has 0 aromatic rings. The Bertz CT molecular complexity index is 2780. The third-order valence-electron chi connectivity index (χ3n) is 15.9. The van der Waals surface area contributed by atoms with Crippen molar-refractivity contribution in [2.75, 3.05) is 26.4 Å². The summed E-state index contributed by atoms with van der Waals surface area (Å²) in [6.07, 6.45) is -19.4. The van der Waals surface area contributed by atoms with Gasteiger partial charge < -0.3 is 130 Å². The molecule has 21 atom stereocenters. The number of nitrogens with one attached hydrogen (secondary N) is 11. The van der Waals surface area contributed by atoms with Crippen LogP contribution in [0.4, 0.5) is 0 Å². The van der Waals surface area contributed by atoms with Crippen molar-refractivity contribution in [3.8, 4) is 0 Å². The molecule has 2 saturated heterocycles. The van der Waals surface area contributed by atoms with Crippen molar-refractivity contribution in [1.82, 2.24) is 58.5 Å². The van der Waals surface area contributed by atoms with Crippen molar-refractivity contribution in [2.24, 2.45) is 35.1 Å². The Labute approximate surface area is 571 Å². The first-order chi connectivity index (χ1) is 46.1. The molecule has 0 unspecified atom stereocenters. The Morgan fingerprint density at radius 1 is 0.525 bits per heavy atom. The van der Waals surface area contributed by atoms with E-state index in [9.17, 15) is 108 Å². The van der Waals surface area contributed by atoms with Crippen LogP contribution in [0.2, 0.25) is 0 Å². The average molecular weight is 1420 g/mol. The van der Waals surface area contributed by atoms with Crippen LogP contribution in [0.25, 0.3) is 0 Å². The minimum Gasteiger partial charge on any atom is -0.481 e. The van der Waals surface area contributed by atoms with Gasteiger partial charge in [-0.15, -0.1) is 0 Å². The van der Waals surface area contributed by atoms with Crippen molar-refractivity contribution in [3.63, 3.8) is 0 Å². The fourth-order valence-electron chi connectivity index (χ4n) is 10.0. The van der Waals surface area contributed by atoms with Gasteiger partial charge in [0.25, 0.3) is 0 Å². The van der Waals surface area contributed by atoms with Gasteiger partial charge in [0.1, 0.15) is 103 Å². The molecule has 2 heterocycles. The van der Waals surface area contributed by atoms with Crippen molar-refractivity contribution in [3.05, 3.63) is 0 Å². The summed E-state index contributed by atoms with van der Waals surface area (Å²) in [5.41, 5.74) is 11.4. The standard InChI is InChI=1S/C60H103N13O26/c1-13-26(8)42(57(93)72-41(25(6)7)58(94)95)73-51(87)27(9)64-39(78)19-63-53(89)32(14-15-38(62)77)68-56(92)35(22-96-59-43(67-30(12)76)48(45(82)37(21-75)97-59)99-60-47(84)46(83)44(81)36(20-74)98-60)71-55(91)34(18-40(79)80)70-54(90)33(17-24(4)5)69-50(86)29(11)65-49(85)28(10)66-52(88)31(61)16-23(2)3/h23-29,31-37,41-48,59-60,74-75,81-84H,13-22,61H2,1-12H3,(H2,62,77)(H,63,89)(H,64,78)(H,65,85)(H,66,88)(H,67,76)(H,68,92)(H,69,86)(H,70,90)(H,71,91)(H,72,93)(H,73,87)(H,79,80)(H,94,95)/t26-,27-,28-,29-,31-,32-,33-,34-,35-,36+,37+,41-,42-,43+,44-,45-,46-,47+,48+,59-,60-/m0/s1. The molecule has 0 aromatic heterocycles. The lowest BCUT2D eigenvalue weighted by Crippen LogP contribution is -2.68. The molecule has 99 heavy (non-hydrogen) atoms. The van der Waals surface area contributed by atoms with Gasteiger partial charge in [-0.3, -0.25) is 62.3 Å². The molecule has 2 aliphatic rings. The predicted octanol–water partition coefficient (Wildman–Crippen LogP) is -8.74. The summed E-state index contributed by atoms with van der Waals surface area (Å²) in [5, 5.41) is 109. The number of primary amides is 1. The number of ether oxygens (including phenoxy) is 4. The van der Waals surface area contributed by atoms with E-state index in [0.717, 1.165) is 6.92 Å². The number of nitrogens with two attached hydrogens (primary N) is 2. The fraction of sp³-hybridized carbons (Fsp3) is 0.767. The summed E-state index contributed by atoms with van der Waals surface area (Å²) >= 11 is 0. The molecule has 2 rings (SSSR count). The summed E-state index contributed by atoms with van der Waals surface area (Å²) < 4.78 is 23.0. The number of aliphatic carboxylic acids is 2. The Morgan fingerprint density at radius 2 is 1.01 bits per heavy atom. The topological polar surface area (TPSA) is 622 Å². The Kier molecular flexibility index (Phi) is 36.7. The molecular formula is C60H103N13O26. The number of carbonyl (C=O) groups excluding carboxylic acids is 12. The third-order valence-corrected chi connectivity index (χ3v) is 15.9. The number of carboxylic acid groups (broad SMARTS) is 2. The fourth-order valence-corrected chi connectivity index (χ4v) is 10.0. The molecule has 39 heteroatoms. The quantitative estimate of drug-likeness (QED) is 0.0270. The second kappa shape index (κ2) is 41.6. The molecule has 2 fully saturated rings. The van der Waals surface area contributed by atoms with Crippen LogP contribution < -0.4 is 70.0 Å². The van der Waals surface area contributed by atoms with Crippen LogP contribution in [-0.4, -0.2) is 272 Å². The van der Waals surface area contributed by atoms with Gasteiger partial charge >= 0.3 is 11.9 Å². The predicted molar refractivity (Wildman–Crippen MR) is 341 cm³/mol. The zero-order valence-electron chi connectivity index (χ0n) is 57.5.